The SMILES string of the molecule is N#CC1CCN(c2ccc(C=O)cc2)CC1. The van der Waals surface area contributed by atoms with Crippen LogP contribution < -0.4 is 4.90 Å². The molecule has 0 saturated carbocycles. The fourth-order valence-electron chi connectivity index (χ4n) is 2.03. The van der Waals surface area contributed by atoms with E-state index in [0.29, 0.717) is 5.56 Å². The summed E-state index contributed by atoms with van der Waals surface area (Å²) >= 11 is 0. The van der Waals surface area contributed by atoms with Crippen LogP contribution in [0.3, 0.4) is 0 Å². The third-order valence-corrected chi connectivity index (χ3v) is 3.07. The van der Waals surface area contributed by atoms with E-state index in [2.05, 4.69) is 11.0 Å². The Hall–Kier alpha value is -1.82. The highest BCUT2D eigenvalue weighted by Crippen LogP contribution is 2.22. The summed E-state index contributed by atoms with van der Waals surface area (Å²) in [5.41, 5.74) is 1.85. The molecule has 1 aliphatic rings. The Balaban J connectivity index is 2.03. The number of anilines is 1. The zero-order chi connectivity index (χ0) is 11.4. The van der Waals surface area contributed by atoms with Gasteiger partial charge in [-0.05, 0) is 37.1 Å². The minimum atomic E-state index is 0.213. The molecule has 0 aliphatic carbocycles. The molecule has 0 aromatic heterocycles. The molecule has 3 heteroatoms. The molecule has 1 heterocycles. The summed E-state index contributed by atoms with van der Waals surface area (Å²) in [5.74, 6) is 0.213. The van der Waals surface area contributed by atoms with Crippen molar-refractivity contribution in [1.29, 1.82) is 5.26 Å². The minimum absolute atomic E-state index is 0.213. The van der Waals surface area contributed by atoms with E-state index >= 15 is 0 Å². The largest absolute Gasteiger partial charge is 0.371 e. The molecule has 2 rings (SSSR count). The van der Waals surface area contributed by atoms with Gasteiger partial charge in [-0.1, -0.05) is 0 Å². The number of rotatable bonds is 2. The summed E-state index contributed by atoms with van der Waals surface area (Å²) in [7, 11) is 0. The maximum absolute atomic E-state index is 10.5. The van der Waals surface area contributed by atoms with Gasteiger partial charge < -0.3 is 4.90 Å². The molecule has 0 N–H and O–H groups in total. The summed E-state index contributed by atoms with van der Waals surface area (Å²) in [6, 6.07) is 9.92. The standard InChI is InChI=1S/C13H14N2O/c14-9-11-5-7-15(8-6-11)13-3-1-12(10-16)2-4-13/h1-4,10-11H,5-8H2. The van der Waals surface area contributed by atoms with E-state index in [0.717, 1.165) is 37.9 Å². The monoisotopic (exact) mass is 214 g/mol. The number of piperidine rings is 1. The second kappa shape index (κ2) is 4.80. The molecule has 1 aliphatic heterocycles. The highest BCUT2D eigenvalue weighted by Gasteiger charge is 2.18. The van der Waals surface area contributed by atoms with E-state index in [1.807, 2.05) is 24.3 Å². The zero-order valence-electron chi connectivity index (χ0n) is 9.10. The maximum Gasteiger partial charge on any atom is 0.150 e. The first-order valence-corrected chi connectivity index (χ1v) is 5.53. The van der Waals surface area contributed by atoms with Crippen LogP contribution >= 0.6 is 0 Å². The quantitative estimate of drug-likeness (QED) is 0.709. The molecular formula is C13H14N2O. The van der Waals surface area contributed by atoms with Gasteiger partial charge in [-0.25, -0.2) is 0 Å². The van der Waals surface area contributed by atoms with Gasteiger partial charge in [0.05, 0.1) is 6.07 Å². The number of nitrogens with zero attached hydrogens (tertiary/aromatic N) is 2. The number of nitriles is 1. The molecule has 1 fully saturated rings. The third-order valence-electron chi connectivity index (χ3n) is 3.07. The van der Waals surface area contributed by atoms with Crippen LogP contribution in [0, 0.1) is 17.2 Å². The van der Waals surface area contributed by atoms with Crippen molar-refractivity contribution in [3.05, 3.63) is 29.8 Å². The Morgan fingerprint density at radius 1 is 1.25 bits per heavy atom. The molecule has 0 atom stereocenters. The second-order valence-electron chi connectivity index (χ2n) is 4.10. The van der Waals surface area contributed by atoms with E-state index in [4.69, 9.17) is 5.26 Å². The molecule has 0 amide bonds. The number of benzene rings is 1. The summed E-state index contributed by atoms with van der Waals surface area (Å²) < 4.78 is 0. The van der Waals surface area contributed by atoms with Crippen molar-refractivity contribution in [2.75, 3.05) is 18.0 Å². The molecule has 16 heavy (non-hydrogen) atoms. The molecule has 0 unspecified atom stereocenters. The third kappa shape index (κ3) is 2.22. The molecular weight excluding hydrogens is 200 g/mol. The second-order valence-corrected chi connectivity index (χ2v) is 4.10. The van der Waals surface area contributed by atoms with Gasteiger partial charge in [0.15, 0.2) is 0 Å². The first-order chi connectivity index (χ1) is 7.83. The van der Waals surface area contributed by atoms with Crippen molar-refractivity contribution >= 4 is 12.0 Å². The smallest absolute Gasteiger partial charge is 0.150 e. The van der Waals surface area contributed by atoms with Crippen molar-refractivity contribution < 1.29 is 4.79 Å². The average molecular weight is 214 g/mol. The van der Waals surface area contributed by atoms with Crippen LogP contribution in [0.5, 0.6) is 0 Å². The molecule has 1 saturated heterocycles. The van der Waals surface area contributed by atoms with E-state index < -0.39 is 0 Å². The summed E-state index contributed by atoms with van der Waals surface area (Å²) in [6.45, 7) is 1.86. The van der Waals surface area contributed by atoms with Crippen molar-refractivity contribution in [3.63, 3.8) is 0 Å². The Labute approximate surface area is 95.3 Å². The van der Waals surface area contributed by atoms with Crippen LogP contribution in [0.25, 0.3) is 0 Å². The van der Waals surface area contributed by atoms with Crippen LogP contribution in [0.2, 0.25) is 0 Å². The molecule has 1 aromatic rings. The van der Waals surface area contributed by atoms with Crippen LogP contribution in [0.4, 0.5) is 5.69 Å². The van der Waals surface area contributed by atoms with Crippen LogP contribution in [0.15, 0.2) is 24.3 Å². The van der Waals surface area contributed by atoms with Gasteiger partial charge in [0.1, 0.15) is 6.29 Å². The van der Waals surface area contributed by atoms with Gasteiger partial charge in [-0.2, -0.15) is 5.26 Å². The van der Waals surface area contributed by atoms with Gasteiger partial charge in [0.25, 0.3) is 0 Å². The van der Waals surface area contributed by atoms with Gasteiger partial charge in [-0.3, -0.25) is 4.79 Å². The number of carbonyl (C=O) groups excluding carboxylic acids is 1. The predicted molar refractivity (Wildman–Crippen MR) is 62.4 cm³/mol. The highest BCUT2D eigenvalue weighted by molar-refractivity contribution is 5.75. The van der Waals surface area contributed by atoms with Crippen LogP contribution in [-0.2, 0) is 0 Å². The number of hydrogen-bond donors (Lipinski definition) is 0. The molecule has 0 spiro atoms. The maximum atomic E-state index is 10.5. The Morgan fingerprint density at radius 2 is 1.88 bits per heavy atom. The van der Waals surface area contributed by atoms with E-state index in [1.165, 1.54) is 0 Å². The van der Waals surface area contributed by atoms with Crippen molar-refractivity contribution in [1.82, 2.24) is 0 Å². The number of carbonyl (C=O) groups is 1. The fourth-order valence-corrected chi connectivity index (χ4v) is 2.03. The topological polar surface area (TPSA) is 44.1 Å². The van der Waals surface area contributed by atoms with Crippen LogP contribution in [-0.4, -0.2) is 19.4 Å². The molecule has 0 radical (unpaired) electrons. The molecule has 0 bridgehead atoms. The first-order valence-electron chi connectivity index (χ1n) is 5.53. The van der Waals surface area contributed by atoms with E-state index in [-0.39, 0.29) is 5.92 Å². The fraction of sp³-hybridized carbons (Fsp3) is 0.385. The lowest BCUT2D eigenvalue weighted by atomic mass is 9.98. The summed E-state index contributed by atoms with van der Waals surface area (Å²) in [5, 5.41) is 8.81. The van der Waals surface area contributed by atoms with Crippen molar-refractivity contribution in [2.45, 2.75) is 12.8 Å². The Morgan fingerprint density at radius 3 is 2.38 bits per heavy atom. The Bertz CT molecular complexity index is 397. The van der Waals surface area contributed by atoms with Crippen molar-refractivity contribution in [2.24, 2.45) is 5.92 Å². The normalized spacial score (nSPS) is 16.8. The van der Waals surface area contributed by atoms with Crippen LogP contribution in [0.1, 0.15) is 23.2 Å². The summed E-state index contributed by atoms with van der Waals surface area (Å²) in [4.78, 5) is 12.8. The van der Waals surface area contributed by atoms with Gasteiger partial charge >= 0.3 is 0 Å². The predicted octanol–water partition coefficient (Wildman–Crippen LogP) is 2.24. The lowest BCUT2D eigenvalue weighted by Gasteiger charge is -2.31. The molecule has 82 valence electrons. The number of hydrogen-bond acceptors (Lipinski definition) is 3. The average Bonchev–Trinajstić information content (AvgIpc) is 2.39. The van der Waals surface area contributed by atoms with E-state index in [9.17, 15) is 4.79 Å². The van der Waals surface area contributed by atoms with Gasteiger partial charge in [-0.15, -0.1) is 0 Å². The minimum Gasteiger partial charge on any atom is -0.371 e. The van der Waals surface area contributed by atoms with Gasteiger partial charge in [0.2, 0.25) is 0 Å². The first kappa shape index (κ1) is 10.7. The number of aldehydes is 1. The molecule has 1 aromatic carbocycles. The highest BCUT2D eigenvalue weighted by atomic mass is 16.1. The van der Waals surface area contributed by atoms with Gasteiger partial charge in [0, 0.05) is 30.3 Å². The Kier molecular flexibility index (Phi) is 3.21. The summed E-state index contributed by atoms with van der Waals surface area (Å²) in [6.07, 6.45) is 2.73. The van der Waals surface area contributed by atoms with E-state index in [1.54, 1.807) is 0 Å². The lowest BCUT2D eigenvalue weighted by Crippen LogP contribution is -2.33. The zero-order valence-corrected chi connectivity index (χ0v) is 9.10. The van der Waals surface area contributed by atoms with Crippen molar-refractivity contribution in [3.8, 4) is 6.07 Å². The molecule has 3 nitrogen and oxygen atoms in total. The lowest BCUT2D eigenvalue weighted by molar-refractivity contribution is 0.112.